The average molecular weight is 249 g/mol. The average Bonchev–Trinajstić information content (AvgIpc) is 2.20. The number of hydrogen-bond acceptors (Lipinski definition) is 3. The van der Waals surface area contributed by atoms with Crippen molar-refractivity contribution in [3.63, 3.8) is 0 Å². The van der Waals surface area contributed by atoms with Crippen molar-refractivity contribution in [1.82, 2.24) is 0 Å². The maximum Gasteiger partial charge on any atom is 0.151 e. The van der Waals surface area contributed by atoms with E-state index < -0.39 is 15.1 Å². The molecule has 0 aromatic rings. The zero-order valence-electron chi connectivity index (χ0n) is 10.9. The van der Waals surface area contributed by atoms with Gasteiger partial charge in [-0.2, -0.15) is 0 Å². The molecule has 0 aliphatic heterocycles. The number of nitrogens with two attached hydrogens (primary N) is 1. The lowest BCUT2D eigenvalue weighted by atomic mass is 10.0. The van der Waals surface area contributed by atoms with Crippen molar-refractivity contribution >= 4 is 9.84 Å². The van der Waals surface area contributed by atoms with Gasteiger partial charge in [-0.15, -0.1) is 0 Å². The van der Waals surface area contributed by atoms with Crippen LogP contribution in [0.4, 0.5) is 0 Å². The van der Waals surface area contributed by atoms with Crippen molar-refractivity contribution in [2.45, 2.75) is 70.1 Å². The van der Waals surface area contributed by atoms with Crippen molar-refractivity contribution in [2.24, 2.45) is 5.73 Å². The molecule has 2 atom stereocenters. The molecule has 0 bridgehead atoms. The summed E-state index contributed by atoms with van der Waals surface area (Å²) in [5.74, 6) is 0. The third-order valence-corrected chi connectivity index (χ3v) is 4.87. The van der Waals surface area contributed by atoms with Gasteiger partial charge in [0.25, 0.3) is 0 Å². The largest absolute Gasteiger partial charge is 0.327 e. The molecule has 2 unspecified atom stereocenters. The highest BCUT2D eigenvalue weighted by atomic mass is 32.2. The van der Waals surface area contributed by atoms with E-state index in [0.717, 1.165) is 12.8 Å². The molecule has 0 aromatic carbocycles. The molecule has 0 spiro atoms. The first-order valence-corrected chi connectivity index (χ1v) is 8.29. The van der Waals surface area contributed by atoms with Crippen LogP contribution in [-0.2, 0) is 9.84 Å². The highest BCUT2D eigenvalue weighted by Crippen LogP contribution is 2.12. The van der Waals surface area contributed by atoms with E-state index in [1.807, 2.05) is 0 Å². The number of unbranched alkanes of at least 4 members (excludes halogenated alkanes) is 5. The summed E-state index contributed by atoms with van der Waals surface area (Å²) in [5, 5.41) is -0.414. The smallest absolute Gasteiger partial charge is 0.151 e. The fourth-order valence-corrected chi connectivity index (χ4v) is 2.48. The molecular formula is C12H27NO2S. The minimum atomic E-state index is -2.98. The predicted octanol–water partition coefficient (Wildman–Crippen LogP) is 2.50. The summed E-state index contributed by atoms with van der Waals surface area (Å²) in [7, 11) is -2.98. The Labute approximate surface area is 101 Å². The third kappa shape index (κ3) is 7.23. The Morgan fingerprint density at radius 1 is 1.06 bits per heavy atom. The van der Waals surface area contributed by atoms with Gasteiger partial charge in [0.05, 0.1) is 5.25 Å². The van der Waals surface area contributed by atoms with Gasteiger partial charge in [-0.1, -0.05) is 45.4 Å². The van der Waals surface area contributed by atoms with Crippen molar-refractivity contribution in [3.05, 3.63) is 0 Å². The zero-order chi connectivity index (χ0) is 12.6. The summed E-state index contributed by atoms with van der Waals surface area (Å²) in [4.78, 5) is 0. The van der Waals surface area contributed by atoms with E-state index in [2.05, 4.69) is 6.92 Å². The summed E-state index contributed by atoms with van der Waals surface area (Å²) in [6.45, 7) is 3.90. The Morgan fingerprint density at radius 2 is 1.56 bits per heavy atom. The molecule has 0 radical (unpaired) electrons. The lowest BCUT2D eigenvalue weighted by Gasteiger charge is -2.17. The SMILES string of the molecule is CCCCCCCCC(N)C(C)S(C)(=O)=O. The first-order chi connectivity index (χ1) is 7.39. The summed E-state index contributed by atoms with van der Waals surface area (Å²) >= 11 is 0. The molecule has 0 saturated carbocycles. The Kier molecular flexibility index (Phi) is 8.02. The minimum absolute atomic E-state index is 0.207. The molecule has 4 heteroatoms. The topological polar surface area (TPSA) is 60.2 Å². The Morgan fingerprint density at radius 3 is 2.06 bits per heavy atom. The first-order valence-electron chi connectivity index (χ1n) is 6.34. The molecule has 16 heavy (non-hydrogen) atoms. The van der Waals surface area contributed by atoms with Crippen LogP contribution in [0, 0.1) is 0 Å². The van der Waals surface area contributed by atoms with Gasteiger partial charge in [0.1, 0.15) is 0 Å². The van der Waals surface area contributed by atoms with Gasteiger partial charge in [0.15, 0.2) is 9.84 Å². The van der Waals surface area contributed by atoms with E-state index >= 15 is 0 Å². The van der Waals surface area contributed by atoms with E-state index in [1.54, 1.807) is 6.92 Å². The third-order valence-electron chi connectivity index (χ3n) is 3.17. The molecule has 0 heterocycles. The minimum Gasteiger partial charge on any atom is -0.327 e. The Hall–Kier alpha value is -0.0900. The monoisotopic (exact) mass is 249 g/mol. The van der Waals surface area contributed by atoms with E-state index in [4.69, 9.17) is 5.73 Å². The molecule has 0 amide bonds. The van der Waals surface area contributed by atoms with Crippen LogP contribution in [0.3, 0.4) is 0 Å². The maximum atomic E-state index is 11.3. The maximum absolute atomic E-state index is 11.3. The molecule has 0 rings (SSSR count). The molecule has 98 valence electrons. The van der Waals surface area contributed by atoms with Crippen molar-refractivity contribution in [2.75, 3.05) is 6.26 Å². The normalized spacial score (nSPS) is 16.0. The molecule has 0 aliphatic carbocycles. The molecule has 2 N–H and O–H groups in total. The van der Waals surface area contributed by atoms with Gasteiger partial charge in [-0.3, -0.25) is 0 Å². The molecule has 3 nitrogen and oxygen atoms in total. The number of rotatable bonds is 9. The summed E-state index contributed by atoms with van der Waals surface area (Å²) in [6, 6.07) is -0.207. The van der Waals surface area contributed by atoms with E-state index in [1.165, 1.54) is 38.4 Å². The second kappa shape index (κ2) is 8.07. The van der Waals surface area contributed by atoms with Crippen molar-refractivity contribution in [3.8, 4) is 0 Å². The van der Waals surface area contributed by atoms with Crippen LogP contribution in [0.1, 0.15) is 58.8 Å². The van der Waals surface area contributed by atoms with Crippen LogP contribution < -0.4 is 5.73 Å². The quantitative estimate of drug-likeness (QED) is 0.639. The lowest BCUT2D eigenvalue weighted by molar-refractivity contribution is 0.511. The van der Waals surface area contributed by atoms with E-state index in [9.17, 15) is 8.42 Å². The standard InChI is InChI=1S/C12H27NO2S/c1-4-5-6-7-8-9-10-12(13)11(2)16(3,14)15/h11-12H,4-10,13H2,1-3H3. The highest BCUT2D eigenvalue weighted by molar-refractivity contribution is 7.91. The van der Waals surface area contributed by atoms with Crippen molar-refractivity contribution < 1.29 is 8.42 Å². The molecule has 0 aromatic heterocycles. The van der Waals surface area contributed by atoms with Crippen LogP contribution in [0.2, 0.25) is 0 Å². The number of hydrogen-bond donors (Lipinski definition) is 1. The van der Waals surface area contributed by atoms with Gasteiger partial charge >= 0.3 is 0 Å². The van der Waals surface area contributed by atoms with Crippen molar-refractivity contribution in [1.29, 1.82) is 0 Å². The molecule has 0 saturated heterocycles. The summed E-state index contributed by atoms with van der Waals surface area (Å²) in [5.41, 5.74) is 5.87. The van der Waals surface area contributed by atoms with Gasteiger partial charge in [-0.25, -0.2) is 8.42 Å². The molecular weight excluding hydrogens is 222 g/mol. The van der Waals surface area contributed by atoms with E-state index in [0.29, 0.717) is 0 Å². The van der Waals surface area contributed by atoms with Gasteiger partial charge in [0.2, 0.25) is 0 Å². The highest BCUT2D eigenvalue weighted by Gasteiger charge is 2.21. The lowest BCUT2D eigenvalue weighted by Crippen LogP contribution is -2.37. The fraction of sp³-hybridized carbons (Fsp3) is 1.00. The molecule has 0 fully saturated rings. The van der Waals surface area contributed by atoms with Gasteiger partial charge in [-0.05, 0) is 13.3 Å². The van der Waals surface area contributed by atoms with Crippen LogP contribution in [-0.4, -0.2) is 26.0 Å². The van der Waals surface area contributed by atoms with Crippen LogP contribution >= 0.6 is 0 Å². The summed E-state index contributed by atoms with van der Waals surface area (Å²) in [6.07, 6.45) is 9.38. The van der Waals surface area contributed by atoms with E-state index in [-0.39, 0.29) is 6.04 Å². The van der Waals surface area contributed by atoms with Crippen LogP contribution in [0.15, 0.2) is 0 Å². The molecule has 0 aliphatic rings. The number of sulfone groups is 1. The van der Waals surface area contributed by atoms with Crippen LogP contribution in [0.5, 0.6) is 0 Å². The Bertz CT molecular complexity index is 262. The first kappa shape index (κ1) is 15.9. The van der Waals surface area contributed by atoms with Crippen LogP contribution in [0.25, 0.3) is 0 Å². The van der Waals surface area contributed by atoms with Gasteiger partial charge < -0.3 is 5.73 Å². The van der Waals surface area contributed by atoms with Gasteiger partial charge in [0, 0.05) is 12.3 Å². The second-order valence-corrected chi connectivity index (χ2v) is 7.16. The second-order valence-electron chi connectivity index (χ2n) is 4.75. The summed E-state index contributed by atoms with van der Waals surface area (Å²) < 4.78 is 22.5. The fourth-order valence-electron chi connectivity index (χ4n) is 1.71. The predicted molar refractivity (Wildman–Crippen MR) is 70.3 cm³/mol. The zero-order valence-corrected chi connectivity index (χ0v) is 11.7. The Balaban J connectivity index is 3.62.